The van der Waals surface area contributed by atoms with Crippen molar-refractivity contribution in [2.45, 2.75) is 56.8 Å². The number of furan rings is 1. The van der Waals surface area contributed by atoms with Gasteiger partial charge < -0.3 is 24.1 Å². The average Bonchev–Trinajstić information content (AvgIpc) is 3.35. The summed E-state index contributed by atoms with van der Waals surface area (Å²) in [5, 5.41) is 22.1. The van der Waals surface area contributed by atoms with Crippen molar-refractivity contribution in [3.8, 4) is 0 Å². The Bertz CT molecular complexity index is 852. The standard InChI is InChI=1S/C20H22O7/c1-18(24)8-15(21)19-10-26-17(23)20(18,19)5-2-3-13(19)12-7-14(27-16(12)22)11-4-6-25-9-11/h4,6,9,14-15,21,24H,2-3,5,7-8,10H2,1H3/t14-,15-,18+,19+,20+/m1/s1. The van der Waals surface area contributed by atoms with Gasteiger partial charge in [0.1, 0.15) is 18.1 Å². The molecule has 0 radical (unpaired) electrons. The molecular formula is C20H22O7. The highest BCUT2D eigenvalue weighted by atomic mass is 16.6. The fraction of sp³-hybridized carbons (Fsp3) is 0.600. The van der Waals surface area contributed by atoms with Crippen LogP contribution in [0.3, 0.4) is 0 Å². The van der Waals surface area contributed by atoms with Crippen molar-refractivity contribution < 1.29 is 33.7 Å². The van der Waals surface area contributed by atoms with Crippen LogP contribution >= 0.6 is 0 Å². The van der Waals surface area contributed by atoms with E-state index in [-0.39, 0.29) is 13.0 Å². The van der Waals surface area contributed by atoms with Crippen LogP contribution in [0.2, 0.25) is 0 Å². The smallest absolute Gasteiger partial charge is 0.334 e. The first kappa shape index (κ1) is 17.0. The second kappa shape index (κ2) is 5.23. The van der Waals surface area contributed by atoms with E-state index >= 15 is 0 Å². The Morgan fingerprint density at radius 3 is 2.85 bits per heavy atom. The van der Waals surface area contributed by atoms with Gasteiger partial charge in [0, 0.05) is 24.0 Å². The van der Waals surface area contributed by atoms with Crippen molar-refractivity contribution in [1.29, 1.82) is 0 Å². The summed E-state index contributed by atoms with van der Waals surface area (Å²) in [7, 11) is 0. The molecule has 2 aliphatic heterocycles. The molecule has 0 unspecified atom stereocenters. The predicted octanol–water partition coefficient (Wildman–Crippen LogP) is 1.79. The molecule has 2 saturated carbocycles. The molecule has 0 aromatic carbocycles. The molecule has 4 aliphatic rings. The van der Waals surface area contributed by atoms with E-state index in [2.05, 4.69) is 0 Å². The number of carbonyl (C=O) groups excluding carboxylic acids is 2. The van der Waals surface area contributed by atoms with E-state index < -0.39 is 40.6 Å². The minimum absolute atomic E-state index is 0.00829. The molecule has 7 heteroatoms. The fourth-order valence-corrected chi connectivity index (χ4v) is 6.13. The van der Waals surface area contributed by atoms with Crippen LogP contribution < -0.4 is 0 Å². The molecule has 1 aromatic heterocycles. The second-order valence-corrected chi connectivity index (χ2v) is 8.41. The van der Waals surface area contributed by atoms with E-state index in [1.807, 2.05) is 0 Å². The highest BCUT2D eigenvalue weighted by molar-refractivity contribution is 5.93. The van der Waals surface area contributed by atoms with Gasteiger partial charge in [-0.15, -0.1) is 0 Å². The Kier molecular flexibility index (Phi) is 3.30. The Morgan fingerprint density at radius 1 is 1.30 bits per heavy atom. The van der Waals surface area contributed by atoms with Crippen LogP contribution in [-0.2, 0) is 19.1 Å². The van der Waals surface area contributed by atoms with E-state index in [0.717, 1.165) is 11.1 Å². The van der Waals surface area contributed by atoms with Gasteiger partial charge in [-0.2, -0.15) is 0 Å². The average molecular weight is 374 g/mol. The van der Waals surface area contributed by atoms with Gasteiger partial charge >= 0.3 is 11.9 Å². The van der Waals surface area contributed by atoms with E-state index in [1.165, 1.54) is 6.26 Å². The van der Waals surface area contributed by atoms with Crippen LogP contribution in [0, 0.1) is 10.8 Å². The van der Waals surface area contributed by atoms with Gasteiger partial charge in [0.15, 0.2) is 0 Å². The first-order valence-electron chi connectivity index (χ1n) is 9.37. The van der Waals surface area contributed by atoms with Gasteiger partial charge in [0.05, 0.1) is 29.6 Å². The number of aliphatic hydroxyl groups is 2. The molecule has 3 heterocycles. The minimum Gasteiger partial charge on any atom is -0.472 e. The van der Waals surface area contributed by atoms with Crippen LogP contribution in [0.5, 0.6) is 0 Å². The van der Waals surface area contributed by atoms with Crippen LogP contribution in [-0.4, -0.2) is 40.5 Å². The topological polar surface area (TPSA) is 106 Å². The molecule has 4 fully saturated rings. The summed E-state index contributed by atoms with van der Waals surface area (Å²) in [4.78, 5) is 25.5. The molecule has 2 saturated heterocycles. The molecule has 144 valence electrons. The van der Waals surface area contributed by atoms with Crippen LogP contribution in [0.15, 0.2) is 34.2 Å². The van der Waals surface area contributed by atoms with E-state index in [1.54, 1.807) is 19.3 Å². The first-order valence-corrected chi connectivity index (χ1v) is 9.37. The number of aliphatic hydroxyl groups excluding tert-OH is 1. The summed E-state index contributed by atoms with van der Waals surface area (Å²) in [5.41, 5.74) is -1.67. The maximum Gasteiger partial charge on any atom is 0.334 e. The first-order chi connectivity index (χ1) is 12.8. The molecular weight excluding hydrogens is 352 g/mol. The van der Waals surface area contributed by atoms with Crippen LogP contribution in [0.25, 0.3) is 0 Å². The van der Waals surface area contributed by atoms with E-state index in [4.69, 9.17) is 13.9 Å². The van der Waals surface area contributed by atoms with E-state index in [9.17, 15) is 19.8 Å². The summed E-state index contributed by atoms with van der Waals surface area (Å²) in [6, 6.07) is 1.76. The summed E-state index contributed by atoms with van der Waals surface area (Å²) >= 11 is 0. The van der Waals surface area contributed by atoms with Crippen LogP contribution in [0.1, 0.15) is 50.7 Å². The summed E-state index contributed by atoms with van der Waals surface area (Å²) in [6.45, 7) is 1.59. The molecule has 1 aromatic rings. The number of rotatable bonds is 1. The summed E-state index contributed by atoms with van der Waals surface area (Å²) < 4.78 is 16.1. The lowest BCUT2D eigenvalue weighted by Gasteiger charge is -2.48. The monoisotopic (exact) mass is 374 g/mol. The molecule has 0 amide bonds. The lowest BCUT2D eigenvalue weighted by molar-refractivity contribution is -0.162. The third-order valence-corrected chi connectivity index (χ3v) is 7.30. The number of cyclic esters (lactones) is 2. The lowest BCUT2D eigenvalue weighted by Crippen LogP contribution is -2.56. The fourth-order valence-electron chi connectivity index (χ4n) is 6.13. The molecule has 0 bridgehead atoms. The Balaban J connectivity index is 1.66. The van der Waals surface area contributed by atoms with Crippen molar-refractivity contribution in [1.82, 2.24) is 0 Å². The quantitative estimate of drug-likeness (QED) is 0.570. The number of esters is 2. The normalized spacial score (nSPS) is 46.2. The maximum absolute atomic E-state index is 12.8. The SMILES string of the molecule is C[C@]1(O)C[C@@H](O)[C@@]23COC(=O)[C@@]12CCCC3=C1C[C@H](c2ccoc2)OC1=O. The number of hydrogen-bond acceptors (Lipinski definition) is 7. The molecule has 0 spiro atoms. The largest absolute Gasteiger partial charge is 0.472 e. The summed E-state index contributed by atoms with van der Waals surface area (Å²) in [5.74, 6) is -0.904. The zero-order valence-electron chi connectivity index (χ0n) is 15.1. The van der Waals surface area contributed by atoms with Crippen LogP contribution in [0.4, 0.5) is 0 Å². The Morgan fingerprint density at radius 2 is 2.11 bits per heavy atom. The van der Waals surface area contributed by atoms with Gasteiger partial charge in [-0.25, -0.2) is 4.79 Å². The number of ether oxygens (including phenoxy) is 2. The maximum atomic E-state index is 12.8. The van der Waals surface area contributed by atoms with Gasteiger partial charge in [0.25, 0.3) is 0 Å². The number of hydrogen-bond donors (Lipinski definition) is 2. The van der Waals surface area contributed by atoms with E-state index in [0.29, 0.717) is 31.3 Å². The van der Waals surface area contributed by atoms with Gasteiger partial charge in [-0.1, -0.05) is 0 Å². The summed E-state index contributed by atoms with van der Waals surface area (Å²) in [6.07, 6.45) is 3.77. The zero-order chi connectivity index (χ0) is 19.0. The van der Waals surface area contributed by atoms with Crippen molar-refractivity contribution in [3.05, 3.63) is 35.3 Å². The van der Waals surface area contributed by atoms with Crippen molar-refractivity contribution in [3.63, 3.8) is 0 Å². The molecule has 2 N–H and O–H groups in total. The minimum atomic E-state index is -1.39. The third kappa shape index (κ3) is 1.84. The lowest BCUT2D eigenvalue weighted by atomic mass is 9.52. The highest BCUT2D eigenvalue weighted by Gasteiger charge is 2.79. The number of carbonyl (C=O) groups is 2. The van der Waals surface area contributed by atoms with Crippen molar-refractivity contribution in [2.75, 3.05) is 6.61 Å². The molecule has 5 rings (SSSR count). The van der Waals surface area contributed by atoms with Gasteiger partial charge in [-0.3, -0.25) is 4.79 Å². The van der Waals surface area contributed by atoms with Crippen molar-refractivity contribution >= 4 is 11.9 Å². The van der Waals surface area contributed by atoms with Gasteiger partial charge in [-0.05, 0) is 37.8 Å². The highest BCUT2D eigenvalue weighted by Crippen LogP contribution is 2.71. The predicted molar refractivity (Wildman–Crippen MR) is 90.1 cm³/mol. The zero-order valence-corrected chi connectivity index (χ0v) is 15.1. The van der Waals surface area contributed by atoms with Gasteiger partial charge in [0.2, 0.25) is 0 Å². The third-order valence-electron chi connectivity index (χ3n) is 7.30. The molecule has 2 aliphatic carbocycles. The molecule has 7 nitrogen and oxygen atoms in total. The Labute approximate surface area is 155 Å². The Hall–Kier alpha value is -2.12. The second-order valence-electron chi connectivity index (χ2n) is 8.41. The molecule has 27 heavy (non-hydrogen) atoms. The molecule has 5 atom stereocenters. The van der Waals surface area contributed by atoms with Crippen molar-refractivity contribution in [2.24, 2.45) is 10.8 Å².